The second-order valence-electron chi connectivity index (χ2n) is 3.97. The fourth-order valence-electron chi connectivity index (χ4n) is 1.58. The summed E-state index contributed by atoms with van der Waals surface area (Å²) in [4.78, 5) is 10.8. The number of carboxylic acid groups (broad SMARTS) is 1. The van der Waals surface area contributed by atoms with Crippen LogP contribution in [0.5, 0.6) is 0 Å². The van der Waals surface area contributed by atoms with E-state index in [1.54, 1.807) is 0 Å². The number of rotatable bonds is 2. The van der Waals surface area contributed by atoms with Crippen LogP contribution in [0.25, 0.3) is 0 Å². The van der Waals surface area contributed by atoms with E-state index >= 15 is 0 Å². The van der Waals surface area contributed by atoms with Gasteiger partial charge in [0.1, 0.15) is 5.82 Å². The van der Waals surface area contributed by atoms with Crippen molar-refractivity contribution in [3.63, 3.8) is 0 Å². The summed E-state index contributed by atoms with van der Waals surface area (Å²) in [5, 5.41) is 18.6. The van der Waals surface area contributed by atoms with E-state index in [9.17, 15) is 14.3 Å². The van der Waals surface area contributed by atoms with Crippen LogP contribution in [0.3, 0.4) is 0 Å². The summed E-state index contributed by atoms with van der Waals surface area (Å²) in [6, 6.07) is 2.57. The maximum atomic E-state index is 13.4. The lowest BCUT2D eigenvalue weighted by molar-refractivity contribution is 0.0695. The third-order valence-electron chi connectivity index (χ3n) is 2.84. The van der Waals surface area contributed by atoms with Gasteiger partial charge in [0.2, 0.25) is 0 Å². The zero-order valence-corrected chi connectivity index (χ0v) is 8.25. The molecule has 0 heterocycles. The van der Waals surface area contributed by atoms with E-state index in [1.165, 1.54) is 19.1 Å². The lowest BCUT2D eigenvalue weighted by Gasteiger charge is -2.11. The van der Waals surface area contributed by atoms with Gasteiger partial charge in [0.05, 0.1) is 11.2 Å². The second kappa shape index (κ2) is 3.03. The van der Waals surface area contributed by atoms with E-state index < -0.39 is 17.4 Å². The van der Waals surface area contributed by atoms with Crippen LogP contribution >= 0.6 is 0 Å². The van der Waals surface area contributed by atoms with Gasteiger partial charge in [-0.2, -0.15) is 0 Å². The van der Waals surface area contributed by atoms with Crippen molar-refractivity contribution in [3.8, 4) is 0 Å². The number of carbonyl (C=O) groups is 1. The van der Waals surface area contributed by atoms with Gasteiger partial charge in [-0.25, -0.2) is 9.18 Å². The first-order valence-electron chi connectivity index (χ1n) is 4.70. The van der Waals surface area contributed by atoms with Crippen molar-refractivity contribution in [2.24, 2.45) is 0 Å². The van der Waals surface area contributed by atoms with Gasteiger partial charge in [0, 0.05) is 0 Å². The molecule has 0 aromatic heterocycles. The Kier molecular flexibility index (Phi) is 2.04. The molecule has 0 unspecified atom stereocenters. The fraction of sp³-hybridized carbons (Fsp3) is 0.364. The van der Waals surface area contributed by atoms with Crippen molar-refractivity contribution in [1.29, 1.82) is 0 Å². The van der Waals surface area contributed by atoms with Gasteiger partial charge in [0.15, 0.2) is 0 Å². The molecule has 4 heteroatoms. The molecular weight excluding hydrogens is 199 g/mol. The largest absolute Gasteiger partial charge is 0.478 e. The molecule has 0 spiro atoms. The third kappa shape index (κ3) is 1.61. The predicted molar refractivity (Wildman–Crippen MR) is 51.2 cm³/mol. The second-order valence-corrected chi connectivity index (χ2v) is 3.97. The lowest BCUT2D eigenvalue weighted by Crippen LogP contribution is -2.10. The lowest BCUT2D eigenvalue weighted by atomic mass is 10.00. The van der Waals surface area contributed by atoms with Gasteiger partial charge in [-0.3, -0.25) is 0 Å². The first-order valence-corrected chi connectivity index (χ1v) is 4.70. The maximum Gasteiger partial charge on any atom is 0.336 e. The molecule has 0 atom stereocenters. The minimum atomic E-state index is -1.17. The Balaban J connectivity index is 2.56. The van der Waals surface area contributed by atoms with Crippen LogP contribution in [0.1, 0.15) is 34.3 Å². The summed E-state index contributed by atoms with van der Waals surface area (Å²) in [7, 11) is 0. The Morgan fingerprint density at radius 2 is 2.07 bits per heavy atom. The molecule has 0 radical (unpaired) electrons. The molecule has 1 fully saturated rings. The molecule has 1 aliphatic rings. The van der Waals surface area contributed by atoms with Crippen molar-refractivity contribution >= 4 is 5.97 Å². The zero-order valence-electron chi connectivity index (χ0n) is 8.25. The highest BCUT2D eigenvalue weighted by atomic mass is 19.1. The van der Waals surface area contributed by atoms with Crippen LogP contribution < -0.4 is 0 Å². The molecule has 2 rings (SSSR count). The molecule has 0 amide bonds. The number of hydrogen-bond acceptors (Lipinski definition) is 2. The molecule has 1 aliphatic carbocycles. The highest BCUT2D eigenvalue weighted by Crippen LogP contribution is 2.45. The number of benzene rings is 1. The summed E-state index contributed by atoms with van der Waals surface area (Å²) < 4.78 is 13.4. The molecular formula is C11H11FO3. The summed E-state index contributed by atoms with van der Waals surface area (Å²) in [6.45, 7) is 1.42. The molecule has 2 N–H and O–H groups in total. The molecule has 0 bridgehead atoms. The minimum absolute atomic E-state index is 0.0784. The third-order valence-corrected chi connectivity index (χ3v) is 2.84. The van der Waals surface area contributed by atoms with Gasteiger partial charge in [-0.15, -0.1) is 0 Å². The molecule has 1 saturated carbocycles. The van der Waals surface area contributed by atoms with Crippen LogP contribution in [-0.4, -0.2) is 16.2 Å². The van der Waals surface area contributed by atoms with Crippen molar-refractivity contribution in [2.45, 2.75) is 25.4 Å². The quantitative estimate of drug-likeness (QED) is 0.782. The van der Waals surface area contributed by atoms with Gasteiger partial charge in [0.25, 0.3) is 0 Å². The van der Waals surface area contributed by atoms with Crippen molar-refractivity contribution in [2.75, 3.05) is 0 Å². The Bertz CT molecular complexity index is 436. The summed E-state index contributed by atoms with van der Waals surface area (Å²) in [5.74, 6) is -1.75. The summed E-state index contributed by atoms with van der Waals surface area (Å²) in [5.41, 5.74) is -0.609. The molecule has 80 valence electrons. The zero-order chi connectivity index (χ0) is 11.2. The monoisotopic (exact) mass is 210 g/mol. The van der Waals surface area contributed by atoms with Crippen LogP contribution in [-0.2, 0) is 5.60 Å². The summed E-state index contributed by atoms with van der Waals surface area (Å²) in [6.07, 6.45) is 1.13. The molecule has 1 aromatic rings. The first kappa shape index (κ1) is 10.1. The Morgan fingerprint density at radius 1 is 1.47 bits per heavy atom. The van der Waals surface area contributed by atoms with Gasteiger partial charge in [-0.05, 0) is 43.0 Å². The van der Waals surface area contributed by atoms with Crippen LogP contribution in [0.4, 0.5) is 4.39 Å². The van der Waals surface area contributed by atoms with E-state index in [-0.39, 0.29) is 11.1 Å². The van der Waals surface area contributed by atoms with Crippen molar-refractivity contribution in [1.82, 2.24) is 0 Å². The molecule has 3 nitrogen and oxygen atoms in total. The highest BCUT2D eigenvalue weighted by Gasteiger charge is 2.42. The van der Waals surface area contributed by atoms with Gasteiger partial charge in [-0.1, -0.05) is 0 Å². The number of hydrogen-bond donors (Lipinski definition) is 2. The van der Waals surface area contributed by atoms with Crippen molar-refractivity contribution < 1.29 is 19.4 Å². The number of halogens is 1. The smallest absolute Gasteiger partial charge is 0.336 e. The van der Waals surface area contributed by atoms with Gasteiger partial charge >= 0.3 is 5.97 Å². The van der Waals surface area contributed by atoms with E-state index in [4.69, 9.17) is 5.11 Å². The highest BCUT2D eigenvalue weighted by molar-refractivity contribution is 5.89. The molecule has 15 heavy (non-hydrogen) atoms. The first-order chi connectivity index (χ1) is 6.94. The van der Waals surface area contributed by atoms with E-state index in [1.807, 2.05) is 0 Å². The van der Waals surface area contributed by atoms with E-state index in [2.05, 4.69) is 0 Å². The standard InChI is InChI=1S/C11H11FO3/c1-6-8(10(13)14)4-7(5-9(6)12)11(15)2-3-11/h4-5,15H,2-3H2,1H3,(H,13,14). The van der Waals surface area contributed by atoms with E-state index in [0.29, 0.717) is 18.4 Å². The Hall–Kier alpha value is -1.42. The van der Waals surface area contributed by atoms with E-state index in [0.717, 1.165) is 0 Å². The maximum absolute atomic E-state index is 13.4. The molecule has 1 aromatic carbocycles. The number of carboxylic acids is 1. The van der Waals surface area contributed by atoms with Crippen LogP contribution in [0, 0.1) is 12.7 Å². The molecule has 0 saturated heterocycles. The molecule has 0 aliphatic heterocycles. The Labute approximate surface area is 86.2 Å². The number of aromatic carboxylic acids is 1. The number of aliphatic hydroxyl groups is 1. The normalized spacial score (nSPS) is 17.5. The van der Waals surface area contributed by atoms with Crippen molar-refractivity contribution in [3.05, 3.63) is 34.6 Å². The Morgan fingerprint density at radius 3 is 2.53 bits per heavy atom. The SMILES string of the molecule is Cc1c(F)cc(C2(O)CC2)cc1C(=O)O. The van der Waals surface area contributed by atoms with Crippen LogP contribution in [0.15, 0.2) is 12.1 Å². The van der Waals surface area contributed by atoms with Crippen LogP contribution in [0.2, 0.25) is 0 Å². The predicted octanol–water partition coefficient (Wildman–Crippen LogP) is 1.81. The summed E-state index contributed by atoms with van der Waals surface area (Å²) >= 11 is 0. The average molecular weight is 210 g/mol. The fourth-order valence-corrected chi connectivity index (χ4v) is 1.58. The average Bonchev–Trinajstić information content (AvgIpc) is 2.89. The topological polar surface area (TPSA) is 57.5 Å². The van der Waals surface area contributed by atoms with Gasteiger partial charge < -0.3 is 10.2 Å². The minimum Gasteiger partial charge on any atom is -0.478 e.